The maximum absolute atomic E-state index is 14.2. The zero-order chi connectivity index (χ0) is 27.1. The second kappa shape index (κ2) is 10.3. The van der Waals surface area contributed by atoms with Crippen molar-refractivity contribution in [1.82, 2.24) is 19.4 Å². The molecule has 0 aliphatic carbocycles. The van der Waals surface area contributed by atoms with E-state index >= 15 is 0 Å². The highest BCUT2D eigenvalue weighted by atomic mass is 19.1. The van der Waals surface area contributed by atoms with Gasteiger partial charge in [0.1, 0.15) is 17.6 Å². The minimum atomic E-state index is -0.187. The zero-order valence-electron chi connectivity index (χ0n) is 22.8. The number of aromatic amines is 1. The lowest BCUT2D eigenvalue weighted by atomic mass is 9.89. The van der Waals surface area contributed by atoms with Crippen molar-refractivity contribution in [1.29, 1.82) is 5.26 Å². The van der Waals surface area contributed by atoms with Crippen LogP contribution in [-0.2, 0) is 13.0 Å². The minimum absolute atomic E-state index is 0.187. The molecule has 0 radical (unpaired) electrons. The number of nitrogens with zero attached hydrogens (tertiary/aromatic N) is 4. The molecule has 5 nitrogen and oxygen atoms in total. The normalized spacial score (nSPS) is 15.0. The Balaban J connectivity index is 1.25. The van der Waals surface area contributed by atoms with Gasteiger partial charge in [0.2, 0.25) is 0 Å². The van der Waals surface area contributed by atoms with Crippen molar-refractivity contribution in [2.24, 2.45) is 5.92 Å². The number of piperidine rings is 1. The number of hydrogen-bond donors (Lipinski definition) is 1. The highest BCUT2D eigenvalue weighted by molar-refractivity contribution is 5.86. The Hall–Kier alpha value is -3.95. The van der Waals surface area contributed by atoms with Crippen LogP contribution in [0.1, 0.15) is 60.6 Å². The topological polar surface area (TPSA) is 60.6 Å². The first-order valence-corrected chi connectivity index (χ1v) is 13.9. The standard InChI is InChI=1S/C33H34FN5/c1-21(2)14-25-15-26(34)5-7-32(25)39-20-30(28-8-11-36-18-33(28)39)23-9-12-38(13-10-23)19-24-4-6-31-29(22(24)3)16-27(17-35)37-31/h4-8,11,15-16,18,20-21,23,37H,9-10,12-14,19H2,1-3H3. The van der Waals surface area contributed by atoms with Crippen LogP contribution in [0.25, 0.3) is 27.5 Å². The zero-order valence-corrected chi connectivity index (χ0v) is 22.8. The fraction of sp³-hybridized carbons (Fsp3) is 0.333. The molecule has 4 heterocycles. The van der Waals surface area contributed by atoms with Crippen molar-refractivity contribution < 1.29 is 4.39 Å². The Bertz CT molecular complexity index is 1690. The number of halogens is 1. The second-order valence-electron chi connectivity index (χ2n) is 11.4. The lowest BCUT2D eigenvalue weighted by molar-refractivity contribution is 0.205. The summed E-state index contributed by atoms with van der Waals surface area (Å²) in [5.41, 5.74) is 8.72. The molecule has 198 valence electrons. The highest BCUT2D eigenvalue weighted by Gasteiger charge is 2.25. The number of hydrogen-bond acceptors (Lipinski definition) is 3. The van der Waals surface area contributed by atoms with Crippen LogP contribution < -0.4 is 0 Å². The fourth-order valence-corrected chi connectivity index (χ4v) is 6.29. The van der Waals surface area contributed by atoms with Crippen LogP contribution in [0.3, 0.4) is 0 Å². The molecule has 1 fully saturated rings. The number of fused-ring (bicyclic) bond motifs is 2. The Labute approximate surface area is 228 Å². The van der Waals surface area contributed by atoms with Gasteiger partial charge in [-0.05, 0) is 110 Å². The Morgan fingerprint density at radius 1 is 1.08 bits per heavy atom. The van der Waals surface area contributed by atoms with E-state index in [2.05, 4.69) is 70.7 Å². The van der Waals surface area contributed by atoms with Gasteiger partial charge in [0.15, 0.2) is 0 Å². The van der Waals surface area contributed by atoms with Crippen LogP contribution in [-0.4, -0.2) is 32.5 Å². The van der Waals surface area contributed by atoms with Crippen molar-refractivity contribution in [3.05, 3.63) is 94.8 Å². The van der Waals surface area contributed by atoms with Crippen LogP contribution in [0.4, 0.5) is 4.39 Å². The third-order valence-electron chi connectivity index (χ3n) is 8.29. The van der Waals surface area contributed by atoms with Gasteiger partial charge < -0.3 is 9.55 Å². The molecule has 0 atom stereocenters. The molecular weight excluding hydrogens is 485 g/mol. The summed E-state index contributed by atoms with van der Waals surface area (Å²) in [6, 6.07) is 15.7. The second-order valence-corrected chi connectivity index (χ2v) is 11.4. The molecule has 1 aliphatic rings. The molecule has 0 saturated carbocycles. The van der Waals surface area contributed by atoms with Crippen molar-refractivity contribution in [3.8, 4) is 11.8 Å². The fourth-order valence-electron chi connectivity index (χ4n) is 6.29. The molecular formula is C33H34FN5. The number of likely N-dealkylation sites (tertiary alicyclic amines) is 1. The lowest BCUT2D eigenvalue weighted by Crippen LogP contribution is -2.32. The molecule has 6 rings (SSSR count). The Morgan fingerprint density at radius 2 is 1.90 bits per heavy atom. The van der Waals surface area contributed by atoms with Gasteiger partial charge in [-0.1, -0.05) is 19.9 Å². The average molecular weight is 520 g/mol. The molecule has 3 aromatic heterocycles. The minimum Gasteiger partial charge on any atom is -0.346 e. The maximum atomic E-state index is 14.2. The van der Waals surface area contributed by atoms with Crippen LogP contribution >= 0.6 is 0 Å². The predicted octanol–water partition coefficient (Wildman–Crippen LogP) is 7.40. The molecule has 0 unspecified atom stereocenters. The van der Waals surface area contributed by atoms with Crippen molar-refractivity contribution in [2.45, 2.75) is 52.5 Å². The molecule has 2 aromatic carbocycles. The van der Waals surface area contributed by atoms with E-state index in [1.807, 2.05) is 24.5 Å². The largest absolute Gasteiger partial charge is 0.346 e. The molecule has 0 amide bonds. The van der Waals surface area contributed by atoms with Gasteiger partial charge in [0.25, 0.3) is 0 Å². The SMILES string of the molecule is Cc1c(CN2CCC(c3cn(-c4ccc(F)cc4CC(C)C)c4cnccc34)CC2)ccc2[nH]c(C#N)cc12. The first kappa shape index (κ1) is 25.3. The number of pyridine rings is 1. The summed E-state index contributed by atoms with van der Waals surface area (Å²) in [6.07, 6.45) is 9.10. The Kier molecular flexibility index (Phi) is 6.70. The predicted molar refractivity (Wildman–Crippen MR) is 155 cm³/mol. The number of nitriles is 1. The summed E-state index contributed by atoms with van der Waals surface area (Å²) in [4.78, 5) is 10.2. The molecule has 6 heteroatoms. The van der Waals surface area contributed by atoms with Crippen LogP contribution in [0.5, 0.6) is 0 Å². The number of aryl methyl sites for hydroxylation is 1. The summed E-state index contributed by atoms with van der Waals surface area (Å²) in [5.74, 6) is 0.713. The van der Waals surface area contributed by atoms with E-state index in [1.165, 1.54) is 22.1 Å². The average Bonchev–Trinajstić information content (AvgIpc) is 3.53. The molecule has 0 spiro atoms. The molecule has 1 saturated heterocycles. The maximum Gasteiger partial charge on any atom is 0.123 e. The van der Waals surface area contributed by atoms with E-state index in [4.69, 9.17) is 0 Å². The summed E-state index contributed by atoms with van der Waals surface area (Å²) >= 11 is 0. The van der Waals surface area contributed by atoms with E-state index < -0.39 is 0 Å². The third-order valence-corrected chi connectivity index (χ3v) is 8.29. The first-order valence-electron chi connectivity index (χ1n) is 13.9. The van der Waals surface area contributed by atoms with E-state index in [1.54, 1.807) is 12.1 Å². The lowest BCUT2D eigenvalue weighted by Gasteiger charge is -2.32. The van der Waals surface area contributed by atoms with E-state index in [9.17, 15) is 9.65 Å². The molecule has 0 bridgehead atoms. The van der Waals surface area contributed by atoms with Crippen molar-refractivity contribution >= 4 is 21.8 Å². The first-order chi connectivity index (χ1) is 18.9. The summed E-state index contributed by atoms with van der Waals surface area (Å²) in [6.45, 7) is 9.49. The van der Waals surface area contributed by atoms with Crippen molar-refractivity contribution in [2.75, 3.05) is 13.1 Å². The van der Waals surface area contributed by atoms with Gasteiger partial charge in [-0.3, -0.25) is 9.88 Å². The monoisotopic (exact) mass is 519 g/mol. The van der Waals surface area contributed by atoms with Gasteiger partial charge in [0.05, 0.1) is 11.7 Å². The summed E-state index contributed by atoms with van der Waals surface area (Å²) in [7, 11) is 0. The molecule has 39 heavy (non-hydrogen) atoms. The van der Waals surface area contributed by atoms with Crippen LogP contribution in [0.2, 0.25) is 0 Å². The number of nitrogens with one attached hydrogen (secondary N) is 1. The summed E-state index contributed by atoms with van der Waals surface area (Å²) in [5, 5.41) is 11.6. The molecule has 5 aromatic rings. The van der Waals surface area contributed by atoms with Crippen LogP contribution in [0, 0.1) is 30.0 Å². The van der Waals surface area contributed by atoms with Crippen LogP contribution in [0.15, 0.2) is 61.1 Å². The Morgan fingerprint density at radius 3 is 2.67 bits per heavy atom. The highest BCUT2D eigenvalue weighted by Crippen LogP contribution is 2.37. The van der Waals surface area contributed by atoms with Gasteiger partial charge in [0, 0.05) is 40.9 Å². The van der Waals surface area contributed by atoms with Gasteiger partial charge >= 0.3 is 0 Å². The smallest absolute Gasteiger partial charge is 0.123 e. The van der Waals surface area contributed by atoms with E-state index in [0.29, 0.717) is 17.5 Å². The quantitative estimate of drug-likeness (QED) is 0.254. The van der Waals surface area contributed by atoms with E-state index in [-0.39, 0.29) is 5.82 Å². The number of benzene rings is 2. The van der Waals surface area contributed by atoms with Gasteiger partial charge in [-0.2, -0.15) is 5.26 Å². The van der Waals surface area contributed by atoms with Crippen molar-refractivity contribution in [3.63, 3.8) is 0 Å². The van der Waals surface area contributed by atoms with Gasteiger partial charge in [-0.15, -0.1) is 0 Å². The number of aromatic nitrogens is 3. The number of rotatable bonds is 6. The van der Waals surface area contributed by atoms with Gasteiger partial charge in [-0.25, -0.2) is 4.39 Å². The molecule has 1 aliphatic heterocycles. The number of H-pyrrole nitrogens is 1. The summed E-state index contributed by atoms with van der Waals surface area (Å²) < 4.78 is 16.4. The third kappa shape index (κ3) is 4.84. The van der Waals surface area contributed by atoms with E-state index in [0.717, 1.165) is 66.6 Å². The molecule has 1 N–H and O–H groups in total.